The predicted molar refractivity (Wildman–Crippen MR) is 167 cm³/mol. The monoisotopic (exact) mass is 621 g/mol. The van der Waals surface area contributed by atoms with Crippen molar-refractivity contribution in [1.82, 2.24) is 10.2 Å². The number of carbonyl (C=O) groups excluding carboxylic acids is 2. The van der Waals surface area contributed by atoms with Crippen molar-refractivity contribution in [1.29, 1.82) is 0 Å². The van der Waals surface area contributed by atoms with E-state index in [2.05, 4.69) is 5.32 Å². The van der Waals surface area contributed by atoms with Gasteiger partial charge in [-0.1, -0.05) is 97.4 Å². The molecule has 0 aliphatic rings. The van der Waals surface area contributed by atoms with Crippen molar-refractivity contribution in [3.8, 4) is 0 Å². The molecule has 0 aliphatic heterocycles. The van der Waals surface area contributed by atoms with Crippen LogP contribution in [-0.4, -0.2) is 44.3 Å². The van der Waals surface area contributed by atoms with E-state index in [0.29, 0.717) is 13.0 Å². The number of sulfonamides is 1. The normalized spacial score (nSPS) is 11.9. The highest BCUT2D eigenvalue weighted by Crippen LogP contribution is 2.28. The Morgan fingerprint density at radius 1 is 0.860 bits per heavy atom. The third kappa shape index (κ3) is 8.21. The van der Waals surface area contributed by atoms with Gasteiger partial charge in [-0.05, 0) is 47.9 Å². The molecular weight excluding hydrogens is 589 g/mol. The first-order valence-corrected chi connectivity index (χ1v) is 15.7. The van der Waals surface area contributed by atoms with Gasteiger partial charge in [0.1, 0.15) is 18.4 Å². The largest absolute Gasteiger partial charge is 0.354 e. The Hall–Kier alpha value is -4.21. The van der Waals surface area contributed by atoms with Crippen molar-refractivity contribution in [3.63, 3.8) is 0 Å². The van der Waals surface area contributed by atoms with Crippen LogP contribution in [0.15, 0.2) is 114 Å². The molecule has 0 bridgehead atoms. The Morgan fingerprint density at radius 2 is 1.44 bits per heavy atom. The van der Waals surface area contributed by atoms with Crippen molar-refractivity contribution in [2.24, 2.45) is 0 Å². The van der Waals surface area contributed by atoms with Gasteiger partial charge in [-0.25, -0.2) is 12.8 Å². The van der Waals surface area contributed by atoms with Crippen molar-refractivity contribution in [2.75, 3.05) is 17.4 Å². The molecular formula is C33H33ClFN3O4S. The lowest BCUT2D eigenvalue weighted by atomic mass is 10.0. The summed E-state index contributed by atoms with van der Waals surface area (Å²) in [7, 11) is -4.30. The second-order valence-corrected chi connectivity index (χ2v) is 12.2. The Kier molecular flexibility index (Phi) is 10.9. The fraction of sp³-hybridized carbons (Fsp3) is 0.212. The summed E-state index contributed by atoms with van der Waals surface area (Å²) >= 11 is 6.05. The molecule has 224 valence electrons. The summed E-state index contributed by atoms with van der Waals surface area (Å²) in [6.45, 7) is 1.75. The standard InChI is InChI=1S/C33H33ClFN3O4S/c1-2-20-36-33(40)31(21-25-12-6-3-7-13-25)37(23-26-14-8-4-9-15-26)32(39)24-38(27-18-19-30(35)29(34)22-27)43(41,42)28-16-10-5-11-17-28/h3-19,22,31H,2,20-21,23-24H2,1H3,(H,36,40)/t31-/m0/s1. The van der Waals surface area contributed by atoms with E-state index in [1.54, 1.807) is 18.2 Å². The lowest BCUT2D eigenvalue weighted by Crippen LogP contribution is -2.53. The number of halogens is 2. The van der Waals surface area contributed by atoms with Gasteiger partial charge in [0.15, 0.2) is 0 Å². The zero-order valence-corrected chi connectivity index (χ0v) is 25.3. The maximum Gasteiger partial charge on any atom is 0.264 e. The average molecular weight is 622 g/mol. The predicted octanol–water partition coefficient (Wildman–Crippen LogP) is 5.84. The van der Waals surface area contributed by atoms with E-state index in [0.717, 1.165) is 21.5 Å². The highest BCUT2D eigenvalue weighted by Gasteiger charge is 2.34. The molecule has 4 aromatic rings. The molecule has 0 aromatic heterocycles. The molecule has 0 saturated heterocycles. The third-order valence-corrected chi connectivity index (χ3v) is 8.90. The minimum atomic E-state index is -4.30. The molecule has 4 aromatic carbocycles. The number of nitrogens with zero attached hydrogens (tertiary/aromatic N) is 2. The summed E-state index contributed by atoms with van der Waals surface area (Å²) in [6.07, 6.45) is 0.910. The second-order valence-electron chi connectivity index (χ2n) is 9.93. The number of hydrogen-bond acceptors (Lipinski definition) is 4. The molecule has 10 heteroatoms. The van der Waals surface area contributed by atoms with E-state index in [9.17, 15) is 22.4 Å². The third-order valence-electron chi connectivity index (χ3n) is 6.82. The second kappa shape index (κ2) is 14.8. The van der Waals surface area contributed by atoms with Gasteiger partial charge in [0, 0.05) is 19.5 Å². The summed E-state index contributed by atoms with van der Waals surface area (Å²) in [5, 5.41) is 2.61. The van der Waals surface area contributed by atoms with Gasteiger partial charge in [-0.15, -0.1) is 0 Å². The number of anilines is 1. The summed E-state index contributed by atoms with van der Waals surface area (Å²) < 4.78 is 42.8. The van der Waals surface area contributed by atoms with E-state index < -0.39 is 34.3 Å². The van der Waals surface area contributed by atoms with Crippen molar-refractivity contribution >= 4 is 39.1 Å². The minimum Gasteiger partial charge on any atom is -0.354 e. The molecule has 0 aliphatic carbocycles. The van der Waals surface area contributed by atoms with E-state index >= 15 is 0 Å². The maximum atomic E-state index is 14.3. The molecule has 0 fully saturated rings. The summed E-state index contributed by atoms with van der Waals surface area (Å²) in [5.74, 6) is -1.69. The zero-order chi connectivity index (χ0) is 30.8. The van der Waals surface area contributed by atoms with Crippen LogP contribution >= 0.6 is 11.6 Å². The Labute approximate surface area is 257 Å². The number of carbonyl (C=O) groups is 2. The average Bonchev–Trinajstić information content (AvgIpc) is 3.03. The van der Waals surface area contributed by atoms with E-state index in [1.165, 1.54) is 29.2 Å². The fourth-order valence-electron chi connectivity index (χ4n) is 4.59. The number of amides is 2. The quantitative estimate of drug-likeness (QED) is 0.203. The minimum absolute atomic E-state index is 0.0123. The van der Waals surface area contributed by atoms with Crippen LogP contribution in [0.5, 0.6) is 0 Å². The van der Waals surface area contributed by atoms with Gasteiger partial charge in [0.2, 0.25) is 11.8 Å². The lowest BCUT2D eigenvalue weighted by molar-refractivity contribution is -0.140. The van der Waals surface area contributed by atoms with Crippen LogP contribution in [0.2, 0.25) is 5.02 Å². The summed E-state index contributed by atoms with van der Waals surface area (Å²) in [6, 6.07) is 28.7. The van der Waals surface area contributed by atoms with Crippen LogP contribution in [0, 0.1) is 5.82 Å². The molecule has 1 atom stereocenters. The smallest absolute Gasteiger partial charge is 0.264 e. The van der Waals surface area contributed by atoms with Crippen molar-refractivity contribution < 1.29 is 22.4 Å². The summed E-state index contributed by atoms with van der Waals surface area (Å²) in [4.78, 5) is 29.3. The number of benzene rings is 4. The zero-order valence-electron chi connectivity index (χ0n) is 23.7. The van der Waals surface area contributed by atoms with Gasteiger partial charge in [-0.3, -0.25) is 13.9 Å². The lowest BCUT2D eigenvalue weighted by Gasteiger charge is -2.34. The van der Waals surface area contributed by atoms with Gasteiger partial charge in [0.05, 0.1) is 15.6 Å². The Balaban J connectivity index is 1.79. The highest BCUT2D eigenvalue weighted by atomic mass is 35.5. The van der Waals surface area contributed by atoms with E-state index in [-0.39, 0.29) is 34.5 Å². The summed E-state index contributed by atoms with van der Waals surface area (Å²) in [5.41, 5.74) is 1.61. The molecule has 0 unspecified atom stereocenters. The molecule has 0 saturated carbocycles. The molecule has 0 spiro atoms. The molecule has 0 radical (unpaired) electrons. The Bertz CT molecular complexity index is 1620. The van der Waals surface area contributed by atoms with Crippen LogP contribution in [0.25, 0.3) is 0 Å². The SMILES string of the molecule is CCCNC(=O)[C@H](Cc1ccccc1)N(Cc1ccccc1)C(=O)CN(c1ccc(F)c(Cl)c1)S(=O)(=O)c1ccccc1. The topological polar surface area (TPSA) is 86.8 Å². The first-order chi connectivity index (χ1) is 20.7. The van der Waals surface area contributed by atoms with Crippen molar-refractivity contribution in [3.05, 3.63) is 131 Å². The molecule has 7 nitrogen and oxygen atoms in total. The fourth-order valence-corrected chi connectivity index (χ4v) is 6.19. The maximum absolute atomic E-state index is 14.3. The van der Waals surface area contributed by atoms with Gasteiger partial charge in [-0.2, -0.15) is 0 Å². The van der Waals surface area contributed by atoms with Crippen LogP contribution < -0.4 is 9.62 Å². The van der Waals surface area contributed by atoms with Gasteiger partial charge < -0.3 is 10.2 Å². The molecule has 0 heterocycles. The number of nitrogens with one attached hydrogen (secondary N) is 1. The van der Waals surface area contributed by atoms with Crippen LogP contribution in [0.3, 0.4) is 0 Å². The van der Waals surface area contributed by atoms with Crippen LogP contribution in [0.1, 0.15) is 24.5 Å². The van der Waals surface area contributed by atoms with Crippen LogP contribution in [0.4, 0.5) is 10.1 Å². The first-order valence-electron chi connectivity index (χ1n) is 13.9. The van der Waals surface area contributed by atoms with Gasteiger partial charge >= 0.3 is 0 Å². The molecule has 1 N–H and O–H groups in total. The van der Waals surface area contributed by atoms with E-state index in [4.69, 9.17) is 11.6 Å². The van der Waals surface area contributed by atoms with Gasteiger partial charge in [0.25, 0.3) is 10.0 Å². The first kappa shape index (κ1) is 31.7. The molecule has 43 heavy (non-hydrogen) atoms. The molecule has 2 amide bonds. The number of hydrogen-bond donors (Lipinski definition) is 1. The molecule has 4 rings (SSSR count). The number of rotatable bonds is 13. The van der Waals surface area contributed by atoms with Crippen LogP contribution in [-0.2, 0) is 32.6 Å². The van der Waals surface area contributed by atoms with Crippen molar-refractivity contribution in [2.45, 2.75) is 37.2 Å². The Morgan fingerprint density at radius 3 is 2.02 bits per heavy atom. The van der Waals surface area contributed by atoms with E-state index in [1.807, 2.05) is 67.6 Å². The highest BCUT2D eigenvalue weighted by molar-refractivity contribution is 7.92.